The largest absolute Gasteiger partial charge is 0.756 e. The Morgan fingerprint density at radius 2 is 0.648 bits per heavy atom. The quantitative estimate of drug-likeness (QED) is 0.0195. The van der Waals surface area contributed by atoms with Crippen LogP contribution in [0.15, 0.2) is 85.1 Å². The summed E-state index contributed by atoms with van der Waals surface area (Å²) in [5.74, 6) is -0.821. The van der Waals surface area contributed by atoms with Crippen LogP contribution < -0.4 is 4.89 Å². The van der Waals surface area contributed by atoms with E-state index in [4.69, 9.17) is 18.5 Å². The Kier molecular flexibility index (Phi) is 66.4. The third-order valence-electron chi connectivity index (χ3n) is 16.4. The number of unbranched alkanes of at least 4 members (excludes halogenated alkanes) is 41. The summed E-state index contributed by atoms with van der Waals surface area (Å²) in [7, 11) is 1.18. The molecule has 0 saturated heterocycles. The highest BCUT2D eigenvalue weighted by Gasteiger charge is 2.22. The Morgan fingerprint density at radius 3 is 0.966 bits per heavy atom. The summed E-state index contributed by atoms with van der Waals surface area (Å²) in [6.45, 7) is 4.16. The summed E-state index contributed by atoms with van der Waals surface area (Å²) in [5.41, 5.74) is 0. The molecular formula is C78H142NO8P. The van der Waals surface area contributed by atoms with Crippen molar-refractivity contribution in [2.24, 2.45) is 0 Å². The Morgan fingerprint density at radius 1 is 0.364 bits per heavy atom. The summed E-state index contributed by atoms with van der Waals surface area (Å²) in [4.78, 5) is 38.1. The lowest BCUT2D eigenvalue weighted by Gasteiger charge is -2.28. The number of phosphoric ester groups is 1. The Bertz CT molecular complexity index is 1760. The Labute approximate surface area is 545 Å². The van der Waals surface area contributed by atoms with Crippen LogP contribution in [0.2, 0.25) is 0 Å². The van der Waals surface area contributed by atoms with Crippen molar-refractivity contribution >= 4 is 19.8 Å². The molecule has 0 heterocycles. The number of ether oxygens (including phenoxy) is 2. The first-order valence-electron chi connectivity index (χ1n) is 37.3. The number of carbonyl (C=O) groups excluding carboxylic acids is 2. The molecule has 2 unspecified atom stereocenters. The predicted octanol–water partition coefficient (Wildman–Crippen LogP) is 23.9. The van der Waals surface area contributed by atoms with E-state index in [-0.39, 0.29) is 32.0 Å². The number of nitrogens with zero attached hydrogens (tertiary/aromatic N) is 1. The fourth-order valence-electron chi connectivity index (χ4n) is 10.7. The van der Waals surface area contributed by atoms with Crippen LogP contribution in [0.25, 0.3) is 0 Å². The van der Waals surface area contributed by atoms with E-state index in [1.54, 1.807) is 0 Å². The zero-order valence-electron chi connectivity index (χ0n) is 58.4. The van der Waals surface area contributed by atoms with E-state index in [1.807, 2.05) is 21.1 Å². The standard InChI is InChI=1S/C78H142NO8P/c1-6-8-10-12-14-16-18-20-22-24-26-28-30-32-34-35-36-37-38-39-40-41-42-43-45-47-49-51-53-55-57-59-61-63-65-67-69-71-78(81)87-76(75-86-88(82,83)85-73-72-79(3,4)5)74-84-77(80)70-68-66-64-62-60-58-56-54-52-50-48-46-44-33-31-29-27-25-23-21-19-17-15-13-11-9-7-2/h8,10,14,16,19-22,25-28,31,33,76H,6-7,9,11-13,15,17-18,23-24,29-30,32,34-75H2,1-5H3/b10-8-,16-14-,21-19-,22-20-,27-25-,28-26-,33-31-. The number of likely N-dealkylation sites (N-methyl/N-ethyl adjacent to an activating group) is 1. The van der Waals surface area contributed by atoms with Crippen LogP contribution in [0.1, 0.15) is 348 Å². The van der Waals surface area contributed by atoms with Crippen molar-refractivity contribution in [2.45, 2.75) is 354 Å². The van der Waals surface area contributed by atoms with Gasteiger partial charge < -0.3 is 27.9 Å². The smallest absolute Gasteiger partial charge is 0.306 e. The molecule has 0 aliphatic carbocycles. The lowest BCUT2D eigenvalue weighted by Crippen LogP contribution is -2.37. The van der Waals surface area contributed by atoms with Crippen molar-refractivity contribution in [3.05, 3.63) is 85.1 Å². The maximum absolute atomic E-state index is 12.9. The molecule has 0 bridgehead atoms. The lowest BCUT2D eigenvalue weighted by molar-refractivity contribution is -0.870. The molecule has 0 aromatic heterocycles. The number of carbonyl (C=O) groups is 2. The van der Waals surface area contributed by atoms with Crippen molar-refractivity contribution < 1.29 is 42.1 Å². The average Bonchev–Trinajstić information content (AvgIpc) is 3.68. The van der Waals surface area contributed by atoms with E-state index < -0.39 is 26.5 Å². The zero-order chi connectivity index (χ0) is 64.1. The van der Waals surface area contributed by atoms with Gasteiger partial charge in [0.25, 0.3) is 7.82 Å². The number of phosphoric acid groups is 1. The molecule has 10 heteroatoms. The van der Waals surface area contributed by atoms with Gasteiger partial charge in [-0.3, -0.25) is 14.2 Å². The second kappa shape index (κ2) is 68.6. The van der Waals surface area contributed by atoms with Crippen molar-refractivity contribution in [1.29, 1.82) is 0 Å². The van der Waals surface area contributed by atoms with E-state index in [1.165, 1.54) is 244 Å². The molecular weight excluding hydrogens is 1110 g/mol. The number of rotatable bonds is 69. The summed E-state index contributed by atoms with van der Waals surface area (Å²) < 4.78 is 34.4. The molecule has 0 aliphatic heterocycles. The molecule has 0 saturated carbocycles. The normalized spacial score (nSPS) is 13.6. The third-order valence-corrected chi connectivity index (χ3v) is 17.4. The molecule has 9 nitrogen and oxygen atoms in total. The molecule has 88 heavy (non-hydrogen) atoms. The van der Waals surface area contributed by atoms with Crippen molar-refractivity contribution in [3.8, 4) is 0 Å². The van der Waals surface area contributed by atoms with E-state index in [0.717, 1.165) is 70.6 Å². The molecule has 0 amide bonds. The van der Waals surface area contributed by atoms with Gasteiger partial charge in [0.1, 0.15) is 19.8 Å². The van der Waals surface area contributed by atoms with Crippen LogP contribution in [-0.2, 0) is 32.7 Å². The summed E-state index contributed by atoms with van der Waals surface area (Å²) >= 11 is 0. The van der Waals surface area contributed by atoms with E-state index >= 15 is 0 Å². The first-order valence-corrected chi connectivity index (χ1v) is 38.8. The second-order valence-electron chi connectivity index (χ2n) is 26.3. The fourth-order valence-corrected chi connectivity index (χ4v) is 11.4. The molecule has 0 fully saturated rings. The molecule has 0 spiro atoms. The van der Waals surface area contributed by atoms with Gasteiger partial charge >= 0.3 is 11.9 Å². The van der Waals surface area contributed by atoms with Crippen molar-refractivity contribution in [1.82, 2.24) is 0 Å². The topological polar surface area (TPSA) is 111 Å². The Hall–Kier alpha value is -2.81. The number of hydrogen-bond donors (Lipinski definition) is 0. The highest BCUT2D eigenvalue weighted by Crippen LogP contribution is 2.38. The molecule has 2 atom stereocenters. The number of esters is 2. The summed E-state index contributed by atoms with van der Waals surface area (Å²) in [6, 6.07) is 0. The van der Waals surface area contributed by atoms with E-state index in [9.17, 15) is 19.0 Å². The highest BCUT2D eigenvalue weighted by molar-refractivity contribution is 7.45. The average molecular weight is 1250 g/mol. The van der Waals surface area contributed by atoms with Crippen LogP contribution in [0.5, 0.6) is 0 Å². The van der Waals surface area contributed by atoms with Crippen LogP contribution >= 0.6 is 7.82 Å². The molecule has 0 aromatic rings. The van der Waals surface area contributed by atoms with Gasteiger partial charge in [-0.2, -0.15) is 0 Å². The number of quaternary nitrogens is 1. The van der Waals surface area contributed by atoms with Gasteiger partial charge in [0.15, 0.2) is 6.10 Å². The Balaban J connectivity index is 3.96. The molecule has 0 aromatic carbocycles. The van der Waals surface area contributed by atoms with Crippen LogP contribution in [-0.4, -0.2) is 70.0 Å². The molecule has 512 valence electrons. The number of allylic oxidation sites excluding steroid dienone is 14. The zero-order valence-corrected chi connectivity index (χ0v) is 59.3. The first-order chi connectivity index (χ1) is 43.0. The maximum Gasteiger partial charge on any atom is 0.306 e. The van der Waals surface area contributed by atoms with Crippen LogP contribution in [0.4, 0.5) is 0 Å². The van der Waals surface area contributed by atoms with Gasteiger partial charge in [0.05, 0.1) is 27.7 Å². The van der Waals surface area contributed by atoms with Crippen molar-refractivity contribution in [3.63, 3.8) is 0 Å². The summed E-state index contributed by atoms with van der Waals surface area (Å²) in [6.07, 6.45) is 94.0. The molecule has 0 radical (unpaired) electrons. The van der Waals surface area contributed by atoms with Gasteiger partial charge in [-0.25, -0.2) is 0 Å². The van der Waals surface area contributed by atoms with Gasteiger partial charge in [-0.05, 0) is 89.9 Å². The predicted molar refractivity (Wildman–Crippen MR) is 379 cm³/mol. The fraction of sp³-hybridized carbons (Fsp3) is 0.795. The molecule has 0 aliphatic rings. The van der Waals surface area contributed by atoms with Gasteiger partial charge in [0, 0.05) is 12.8 Å². The minimum Gasteiger partial charge on any atom is -0.756 e. The minimum atomic E-state index is -4.65. The van der Waals surface area contributed by atoms with E-state index in [0.29, 0.717) is 17.4 Å². The van der Waals surface area contributed by atoms with Gasteiger partial charge in [-0.1, -0.05) is 330 Å². The maximum atomic E-state index is 12.9. The van der Waals surface area contributed by atoms with Crippen LogP contribution in [0, 0.1) is 0 Å². The second-order valence-corrected chi connectivity index (χ2v) is 27.7. The highest BCUT2D eigenvalue weighted by atomic mass is 31.2. The molecule has 0 rings (SSSR count). The first kappa shape index (κ1) is 85.2. The summed E-state index contributed by atoms with van der Waals surface area (Å²) in [5, 5.41) is 0. The molecule has 0 N–H and O–H groups in total. The SMILES string of the molecule is CC/C=C\C/C=C\C/C=C\C/C=C\CCCCCCCCCCCCCCCCCCCCCCCCCCC(=O)OC(COC(=O)CCCCCCCCCCCCCC/C=C\C/C=C\C/C=C\CCCCCCC)COP(=O)([O-])OCC[N+](C)(C)C. The van der Waals surface area contributed by atoms with Crippen molar-refractivity contribution in [2.75, 3.05) is 47.5 Å². The van der Waals surface area contributed by atoms with Gasteiger partial charge in [-0.15, -0.1) is 0 Å². The number of hydrogen-bond acceptors (Lipinski definition) is 8. The van der Waals surface area contributed by atoms with Crippen LogP contribution in [0.3, 0.4) is 0 Å². The minimum absolute atomic E-state index is 0.0313. The van der Waals surface area contributed by atoms with E-state index in [2.05, 4.69) is 98.9 Å². The third kappa shape index (κ3) is 72.3. The van der Waals surface area contributed by atoms with Gasteiger partial charge in [0.2, 0.25) is 0 Å². The lowest BCUT2D eigenvalue weighted by atomic mass is 10.0. The monoisotopic (exact) mass is 1250 g/mol.